The van der Waals surface area contributed by atoms with Crippen molar-refractivity contribution in [1.29, 1.82) is 0 Å². The van der Waals surface area contributed by atoms with Crippen LogP contribution in [0.1, 0.15) is 64.5 Å². The molecule has 3 saturated heterocycles. The second-order valence-electron chi connectivity index (χ2n) is 20.0. The second kappa shape index (κ2) is 21.7. The van der Waals surface area contributed by atoms with Crippen molar-refractivity contribution < 1.29 is 38.5 Å². The van der Waals surface area contributed by atoms with E-state index in [4.69, 9.17) is 14.2 Å². The summed E-state index contributed by atoms with van der Waals surface area (Å²) < 4.78 is 20.1. The van der Waals surface area contributed by atoms with Gasteiger partial charge in [0.2, 0.25) is 11.8 Å². The number of hydrogen-bond donors (Lipinski definition) is 3. The number of nitrogens with one attached hydrogen (secondary N) is 2. The molecule has 4 aliphatic rings. The molecule has 3 fully saturated rings. The maximum Gasteiger partial charge on any atom is 0.329 e. The van der Waals surface area contributed by atoms with Crippen molar-refractivity contribution in [3.8, 4) is 17.6 Å². The zero-order valence-corrected chi connectivity index (χ0v) is 43.2. The Bertz CT molecular complexity index is 3620. The molecule has 7 atom stereocenters. The zero-order valence-electron chi connectivity index (χ0n) is 43.2. The summed E-state index contributed by atoms with van der Waals surface area (Å²) in [5, 5.41) is 24.9. The van der Waals surface area contributed by atoms with Gasteiger partial charge < -0.3 is 34.9 Å². The van der Waals surface area contributed by atoms with E-state index in [1.54, 1.807) is 53.2 Å². The molecule has 7 aromatic carbocycles. The first kappa shape index (κ1) is 50.7. The molecule has 8 aromatic rings. The van der Waals surface area contributed by atoms with E-state index in [1.165, 1.54) is 0 Å². The van der Waals surface area contributed by atoms with Crippen LogP contribution in [-0.2, 0) is 35.8 Å². The lowest BCUT2D eigenvalue weighted by Gasteiger charge is -2.46. The highest BCUT2D eigenvalue weighted by atomic mass is 16.6. The summed E-state index contributed by atoms with van der Waals surface area (Å²) in [6.07, 6.45) is -0.942. The Kier molecular flexibility index (Phi) is 13.9. The van der Waals surface area contributed by atoms with Crippen molar-refractivity contribution in [3.63, 3.8) is 0 Å². The number of esters is 1. The molecule has 4 amide bonds. The third-order valence-electron chi connectivity index (χ3n) is 15.5. The van der Waals surface area contributed by atoms with Gasteiger partial charge in [0.05, 0.1) is 55.1 Å². The molecule has 396 valence electrons. The highest BCUT2D eigenvalue weighted by molar-refractivity contribution is 6.25. The first-order valence-corrected chi connectivity index (χ1v) is 26.5. The van der Waals surface area contributed by atoms with Gasteiger partial charge in [0.1, 0.15) is 42.0 Å². The average Bonchev–Trinajstić information content (AvgIpc) is 4.03. The minimum atomic E-state index is -2.09. The molecule has 16 nitrogen and oxygen atoms in total. The molecule has 0 saturated carbocycles. The van der Waals surface area contributed by atoms with Crippen LogP contribution in [0.15, 0.2) is 182 Å². The first-order chi connectivity index (χ1) is 38.7. The summed E-state index contributed by atoms with van der Waals surface area (Å²) in [5.74, 6) is 3.23. The number of rotatable bonds is 12. The highest BCUT2D eigenvalue weighted by Crippen LogP contribution is 2.66. The number of aromatic nitrogens is 3. The van der Waals surface area contributed by atoms with Gasteiger partial charge in [0, 0.05) is 30.0 Å². The number of imide groups is 1. The van der Waals surface area contributed by atoms with E-state index < -0.39 is 65.4 Å². The normalized spacial score (nSPS) is 21.9. The van der Waals surface area contributed by atoms with E-state index in [1.807, 2.05) is 145 Å². The number of hydrogen-bond acceptors (Lipinski definition) is 12. The van der Waals surface area contributed by atoms with Gasteiger partial charge in [-0.05, 0) is 101 Å². The number of aliphatic hydroxyl groups is 1. The number of amides is 4. The third kappa shape index (κ3) is 9.31. The maximum absolute atomic E-state index is 17.0. The van der Waals surface area contributed by atoms with Crippen LogP contribution in [0.4, 0.5) is 21.9 Å². The lowest BCUT2D eigenvalue weighted by atomic mass is 9.65. The number of urea groups is 1. The zero-order chi connectivity index (χ0) is 54.0. The quantitative estimate of drug-likeness (QED) is 0.0786. The van der Waals surface area contributed by atoms with Crippen LogP contribution in [0.25, 0.3) is 11.0 Å². The molecule has 1 spiro atoms. The van der Waals surface area contributed by atoms with E-state index in [0.29, 0.717) is 60.0 Å². The van der Waals surface area contributed by atoms with Gasteiger partial charge in [-0.1, -0.05) is 132 Å². The van der Waals surface area contributed by atoms with E-state index in [0.717, 1.165) is 32.7 Å². The topological polar surface area (TPSA) is 181 Å². The minimum Gasteiger partial charge on any atom is -0.491 e. The van der Waals surface area contributed by atoms with Crippen LogP contribution in [0.5, 0.6) is 5.75 Å². The summed E-state index contributed by atoms with van der Waals surface area (Å²) in [6.45, 7) is 4.30. The molecule has 0 bridgehead atoms. The Morgan fingerprint density at radius 2 is 1.48 bits per heavy atom. The van der Waals surface area contributed by atoms with Crippen molar-refractivity contribution in [3.05, 3.63) is 215 Å². The van der Waals surface area contributed by atoms with Crippen LogP contribution in [0, 0.1) is 17.8 Å². The number of morpholine rings is 2. The first-order valence-electron chi connectivity index (χ1n) is 26.5. The van der Waals surface area contributed by atoms with Gasteiger partial charge in [-0.3, -0.25) is 19.3 Å². The number of ether oxygens (including phenoxy) is 3. The second-order valence-corrected chi connectivity index (χ2v) is 20.0. The van der Waals surface area contributed by atoms with Gasteiger partial charge in [-0.15, -0.1) is 5.10 Å². The molecule has 0 unspecified atom stereocenters. The molecule has 1 aromatic heterocycles. The predicted molar refractivity (Wildman–Crippen MR) is 297 cm³/mol. The molecule has 12 rings (SSSR count). The molecular weight excluding hydrogens is 997 g/mol. The predicted octanol–water partition coefficient (Wildman–Crippen LogP) is 8.47. The molecule has 79 heavy (non-hydrogen) atoms. The van der Waals surface area contributed by atoms with Crippen LogP contribution >= 0.6 is 0 Å². The van der Waals surface area contributed by atoms with Gasteiger partial charge in [0.15, 0.2) is 0 Å². The van der Waals surface area contributed by atoms with E-state index >= 15 is 19.2 Å². The molecule has 16 heteroatoms. The Labute approximate surface area is 456 Å². The number of aliphatic hydroxyl groups excluding tert-OH is 1. The summed E-state index contributed by atoms with van der Waals surface area (Å²) in [4.78, 5) is 69.7. The van der Waals surface area contributed by atoms with Crippen molar-refractivity contribution in [2.75, 3.05) is 54.6 Å². The summed E-state index contributed by atoms with van der Waals surface area (Å²) in [6, 6.07) is 51.1. The van der Waals surface area contributed by atoms with Crippen molar-refractivity contribution in [2.45, 2.75) is 49.2 Å². The molecule has 4 aliphatic heterocycles. The van der Waals surface area contributed by atoms with E-state index in [-0.39, 0.29) is 25.4 Å². The largest absolute Gasteiger partial charge is 0.491 e. The van der Waals surface area contributed by atoms with Crippen molar-refractivity contribution >= 4 is 51.9 Å². The van der Waals surface area contributed by atoms with E-state index in [2.05, 4.69) is 37.7 Å². The molecule has 0 aliphatic carbocycles. The fourth-order valence-electron chi connectivity index (χ4n) is 12.0. The SMILES string of the molecule is C[C@@H](NC(=O)N1C(=O)[C@@]2(c3cc(C#CCn4nnc5ccccc54)ccc31)[C@H](C(=O)Nc1ccc(N3CCOCC3)cc1)[C@H]1C(=O)O[C@H](c3ccccc3)[C@H](c3ccccc3)N1[C@@H]2c1cccc(OCCO)c1)c1ccccc1. The third-order valence-corrected chi connectivity index (χ3v) is 15.5. The van der Waals surface area contributed by atoms with Crippen molar-refractivity contribution in [2.24, 2.45) is 5.92 Å². The Hall–Kier alpha value is -9.14. The van der Waals surface area contributed by atoms with Gasteiger partial charge >= 0.3 is 12.0 Å². The molecule has 0 radical (unpaired) electrons. The van der Waals surface area contributed by atoms with Crippen LogP contribution in [0.2, 0.25) is 0 Å². The minimum absolute atomic E-state index is 0.0300. The smallest absolute Gasteiger partial charge is 0.329 e. The number of anilines is 3. The number of benzene rings is 7. The lowest BCUT2D eigenvalue weighted by Crippen LogP contribution is -2.55. The highest BCUT2D eigenvalue weighted by Gasteiger charge is 2.75. The van der Waals surface area contributed by atoms with E-state index in [9.17, 15) is 5.11 Å². The average molecular weight is 1050 g/mol. The van der Waals surface area contributed by atoms with Crippen LogP contribution in [-0.4, -0.2) is 94.4 Å². The monoisotopic (exact) mass is 1050 g/mol. The van der Waals surface area contributed by atoms with Crippen molar-refractivity contribution in [1.82, 2.24) is 25.2 Å². The Balaban J connectivity index is 1.09. The molecule has 3 N–H and O–H groups in total. The molecular formula is C63H56N8O8. The number of carbonyl (C=O) groups is 4. The van der Waals surface area contributed by atoms with Crippen LogP contribution in [0.3, 0.4) is 0 Å². The Morgan fingerprint density at radius 3 is 2.23 bits per heavy atom. The number of carbonyl (C=O) groups excluding carboxylic acids is 4. The van der Waals surface area contributed by atoms with Crippen LogP contribution < -0.4 is 25.2 Å². The summed E-state index contributed by atoms with van der Waals surface area (Å²) in [5.41, 5.74) is 4.54. The number of fused-ring (bicyclic) bond motifs is 4. The number of cyclic esters (lactones) is 1. The fourth-order valence-corrected chi connectivity index (χ4v) is 12.0. The Morgan fingerprint density at radius 1 is 0.785 bits per heavy atom. The van der Waals surface area contributed by atoms with Gasteiger partial charge in [-0.25, -0.2) is 14.4 Å². The van der Waals surface area contributed by atoms with Gasteiger partial charge in [0.25, 0.3) is 0 Å². The maximum atomic E-state index is 17.0. The number of para-hydroxylation sites is 1. The van der Waals surface area contributed by atoms with Gasteiger partial charge in [-0.2, -0.15) is 0 Å². The standard InChI is InChI=1S/C63H56N8O8/c1-41(43-16-5-2-6-17-43)64-62(76)70-52-31-26-42(15-14-32-69-53-25-12-11-24-51(53)66-67-69)39-50(52)63(61(70)75)54(59(73)65-47-27-29-48(30-28-47)68-33-36-77-37-34-68)56-60(74)79-57(45-20-9-4-10-21-45)55(44-18-7-3-8-19-44)71(56)58(63)46-22-13-23-49(40-46)78-38-35-72/h2-13,16-31,39-41,54-58,72H,32-38H2,1H3,(H,64,76)(H,65,73)/t41-,54+,55+,56+,57-,58-,63+/m1/s1. The fraction of sp³-hybridized carbons (Fsp3) is 0.238. The summed E-state index contributed by atoms with van der Waals surface area (Å²) >= 11 is 0. The number of nitrogens with zero attached hydrogens (tertiary/aromatic N) is 6. The lowest BCUT2D eigenvalue weighted by molar-refractivity contribution is -0.177. The summed E-state index contributed by atoms with van der Waals surface area (Å²) in [7, 11) is 0. The molecule has 5 heterocycles.